The first-order valence-corrected chi connectivity index (χ1v) is 9.37. The lowest BCUT2D eigenvalue weighted by Crippen LogP contribution is -1.90. The molecule has 132 valence electrons. The largest absolute Gasteiger partial charge is 0.494 e. The molecular weight excluding hydrogens is 356 g/mol. The van der Waals surface area contributed by atoms with Gasteiger partial charge in [-0.15, -0.1) is 0 Å². The van der Waals surface area contributed by atoms with Crippen LogP contribution in [0, 0.1) is 0 Å². The number of fused-ring (bicyclic) bond motifs is 2. The fourth-order valence-electron chi connectivity index (χ4n) is 3.10. The van der Waals surface area contributed by atoms with Gasteiger partial charge in [0, 0.05) is 11.3 Å². The molecule has 6 heteroatoms. The zero-order chi connectivity index (χ0) is 18.2. The molecule has 0 aliphatic carbocycles. The number of ether oxygens (including phenoxy) is 1. The molecule has 5 nitrogen and oxygen atoms in total. The summed E-state index contributed by atoms with van der Waals surface area (Å²) in [6, 6.07) is 22.1. The average Bonchev–Trinajstić information content (AvgIpc) is 3.31. The number of aromatic amines is 1. The molecule has 27 heavy (non-hydrogen) atoms. The smallest absolute Gasteiger partial charge is 0.188 e. The molecule has 0 unspecified atom stereocenters. The lowest BCUT2D eigenvalue weighted by atomic mass is 10.2. The number of aromatic nitrogens is 3. The van der Waals surface area contributed by atoms with Crippen molar-refractivity contribution in [2.45, 2.75) is 0 Å². The predicted octanol–water partition coefficient (Wildman–Crippen LogP) is 5.59. The number of anilines is 2. The van der Waals surface area contributed by atoms with E-state index in [4.69, 9.17) is 4.74 Å². The van der Waals surface area contributed by atoms with E-state index in [2.05, 4.69) is 26.3 Å². The van der Waals surface area contributed by atoms with Crippen LogP contribution in [-0.2, 0) is 0 Å². The number of hydrogen-bond acceptors (Lipinski definition) is 5. The van der Waals surface area contributed by atoms with Gasteiger partial charge in [-0.1, -0.05) is 41.7 Å². The number of para-hydroxylation sites is 3. The minimum Gasteiger partial charge on any atom is -0.494 e. The zero-order valence-electron chi connectivity index (χ0n) is 14.6. The second kappa shape index (κ2) is 6.41. The third-order valence-electron chi connectivity index (χ3n) is 4.38. The Labute approximate surface area is 159 Å². The highest BCUT2D eigenvalue weighted by molar-refractivity contribution is 7.22. The number of methoxy groups -OCH3 is 1. The second-order valence-electron chi connectivity index (χ2n) is 6.13. The summed E-state index contributed by atoms with van der Waals surface area (Å²) in [5.41, 5.74) is 4.86. The number of H-pyrrole nitrogens is 1. The monoisotopic (exact) mass is 372 g/mol. The minimum atomic E-state index is 0.785. The fourth-order valence-corrected chi connectivity index (χ4v) is 4.00. The van der Waals surface area contributed by atoms with E-state index >= 15 is 0 Å². The van der Waals surface area contributed by atoms with Crippen molar-refractivity contribution >= 4 is 43.4 Å². The summed E-state index contributed by atoms with van der Waals surface area (Å²) in [5.74, 6) is 1.64. The standard InChI is InChI=1S/C21H16N4OS/c1-26-17-10-5-11-18-19(17)25-21(27-18)22-14-7-4-6-13(12-14)20-23-15-8-2-3-9-16(15)24-20/h2-12H,1H3,(H,22,25)(H,23,24). The Morgan fingerprint density at radius 3 is 2.74 bits per heavy atom. The molecule has 0 amide bonds. The minimum absolute atomic E-state index is 0.785. The first-order valence-electron chi connectivity index (χ1n) is 8.56. The number of nitrogens with one attached hydrogen (secondary N) is 2. The van der Waals surface area contributed by atoms with Gasteiger partial charge < -0.3 is 15.0 Å². The van der Waals surface area contributed by atoms with E-state index in [9.17, 15) is 0 Å². The van der Waals surface area contributed by atoms with Crippen LogP contribution in [-0.4, -0.2) is 22.1 Å². The Kier molecular flexibility index (Phi) is 3.76. The first kappa shape index (κ1) is 15.8. The van der Waals surface area contributed by atoms with E-state index in [1.165, 1.54) is 0 Å². The Morgan fingerprint density at radius 2 is 1.85 bits per heavy atom. The lowest BCUT2D eigenvalue weighted by molar-refractivity contribution is 0.419. The molecule has 0 bridgehead atoms. The molecule has 5 aromatic rings. The SMILES string of the molecule is COc1cccc2sc(Nc3cccc(-c4nc5ccccc5[nH]4)c3)nc12. The maximum Gasteiger partial charge on any atom is 0.188 e. The van der Waals surface area contributed by atoms with Crippen molar-refractivity contribution in [1.82, 2.24) is 15.0 Å². The Balaban J connectivity index is 1.49. The third kappa shape index (κ3) is 2.90. The molecule has 5 rings (SSSR count). The molecule has 0 fully saturated rings. The van der Waals surface area contributed by atoms with Gasteiger partial charge in [0.05, 0.1) is 22.8 Å². The zero-order valence-corrected chi connectivity index (χ0v) is 15.4. The topological polar surface area (TPSA) is 62.8 Å². The van der Waals surface area contributed by atoms with Gasteiger partial charge in [0.15, 0.2) is 5.13 Å². The van der Waals surface area contributed by atoms with Crippen LogP contribution < -0.4 is 10.1 Å². The molecule has 2 N–H and O–H groups in total. The van der Waals surface area contributed by atoms with Crippen molar-refractivity contribution in [2.75, 3.05) is 12.4 Å². The van der Waals surface area contributed by atoms with Crippen molar-refractivity contribution in [2.24, 2.45) is 0 Å². The van der Waals surface area contributed by atoms with Crippen LogP contribution in [0.15, 0.2) is 66.7 Å². The van der Waals surface area contributed by atoms with E-state index in [1.807, 2.05) is 60.7 Å². The molecule has 0 radical (unpaired) electrons. The first-order chi connectivity index (χ1) is 13.3. The van der Waals surface area contributed by atoms with Crippen molar-refractivity contribution in [3.63, 3.8) is 0 Å². The molecule has 0 atom stereocenters. The summed E-state index contributed by atoms with van der Waals surface area (Å²) in [6.07, 6.45) is 0. The van der Waals surface area contributed by atoms with Crippen LogP contribution in [0.5, 0.6) is 5.75 Å². The van der Waals surface area contributed by atoms with Crippen molar-refractivity contribution in [1.29, 1.82) is 0 Å². The molecule has 3 aromatic carbocycles. The Morgan fingerprint density at radius 1 is 0.963 bits per heavy atom. The second-order valence-corrected chi connectivity index (χ2v) is 7.17. The third-order valence-corrected chi connectivity index (χ3v) is 5.31. The van der Waals surface area contributed by atoms with Crippen LogP contribution in [0.1, 0.15) is 0 Å². The highest BCUT2D eigenvalue weighted by Gasteiger charge is 2.10. The van der Waals surface area contributed by atoms with Gasteiger partial charge in [-0.05, 0) is 36.4 Å². The molecule has 0 saturated heterocycles. The van der Waals surface area contributed by atoms with Gasteiger partial charge in [0.25, 0.3) is 0 Å². The van der Waals surface area contributed by atoms with Crippen molar-refractivity contribution in [3.05, 3.63) is 66.7 Å². The van der Waals surface area contributed by atoms with Crippen LogP contribution in [0.4, 0.5) is 10.8 Å². The van der Waals surface area contributed by atoms with Crippen LogP contribution in [0.3, 0.4) is 0 Å². The maximum atomic E-state index is 5.40. The van der Waals surface area contributed by atoms with Gasteiger partial charge in [0.1, 0.15) is 17.1 Å². The number of benzene rings is 3. The molecule has 0 saturated carbocycles. The van der Waals surface area contributed by atoms with Gasteiger partial charge in [0.2, 0.25) is 0 Å². The van der Waals surface area contributed by atoms with E-state index < -0.39 is 0 Å². The van der Waals surface area contributed by atoms with Crippen molar-refractivity contribution < 1.29 is 4.74 Å². The summed E-state index contributed by atoms with van der Waals surface area (Å²) in [7, 11) is 1.66. The summed E-state index contributed by atoms with van der Waals surface area (Å²) < 4.78 is 6.49. The summed E-state index contributed by atoms with van der Waals surface area (Å²) >= 11 is 1.60. The van der Waals surface area contributed by atoms with E-state index in [-0.39, 0.29) is 0 Å². The van der Waals surface area contributed by atoms with E-state index in [1.54, 1.807) is 18.4 Å². The van der Waals surface area contributed by atoms with Crippen molar-refractivity contribution in [3.8, 4) is 17.1 Å². The molecule has 0 aliphatic heterocycles. The van der Waals surface area contributed by atoms with Crippen LogP contribution in [0.25, 0.3) is 32.6 Å². The van der Waals surface area contributed by atoms with E-state index in [0.717, 1.165) is 49.2 Å². The number of rotatable bonds is 4. The Bertz CT molecular complexity index is 1220. The maximum absolute atomic E-state index is 5.40. The highest BCUT2D eigenvalue weighted by atomic mass is 32.1. The molecule has 0 spiro atoms. The quantitative estimate of drug-likeness (QED) is 0.431. The van der Waals surface area contributed by atoms with Gasteiger partial charge in [-0.3, -0.25) is 0 Å². The lowest BCUT2D eigenvalue weighted by Gasteiger charge is -2.04. The predicted molar refractivity (Wildman–Crippen MR) is 111 cm³/mol. The van der Waals surface area contributed by atoms with Crippen LogP contribution >= 0.6 is 11.3 Å². The van der Waals surface area contributed by atoms with Gasteiger partial charge in [-0.2, -0.15) is 0 Å². The molecule has 0 aliphatic rings. The van der Waals surface area contributed by atoms with E-state index in [0.29, 0.717) is 0 Å². The average molecular weight is 372 g/mol. The number of imidazole rings is 1. The highest BCUT2D eigenvalue weighted by Crippen LogP contribution is 2.34. The number of thiazole rings is 1. The molecule has 2 heterocycles. The number of nitrogens with zero attached hydrogens (tertiary/aromatic N) is 2. The fraction of sp³-hybridized carbons (Fsp3) is 0.0476. The normalized spacial score (nSPS) is 11.1. The Hall–Kier alpha value is -3.38. The molecular formula is C21H16N4OS. The molecule has 2 aromatic heterocycles. The van der Waals surface area contributed by atoms with Gasteiger partial charge in [-0.25, -0.2) is 9.97 Å². The van der Waals surface area contributed by atoms with Crippen LogP contribution in [0.2, 0.25) is 0 Å². The summed E-state index contributed by atoms with van der Waals surface area (Å²) in [5, 5.41) is 4.23. The summed E-state index contributed by atoms with van der Waals surface area (Å²) in [4.78, 5) is 12.7. The van der Waals surface area contributed by atoms with Gasteiger partial charge >= 0.3 is 0 Å². The number of hydrogen-bond donors (Lipinski definition) is 2. The summed E-state index contributed by atoms with van der Waals surface area (Å²) in [6.45, 7) is 0.